The minimum atomic E-state index is 0.410. The van der Waals surface area contributed by atoms with E-state index in [1.54, 1.807) is 0 Å². The lowest BCUT2D eigenvalue weighted by Gasteiger charge is -2.27. The molecule has 1 aliphatic carbocycles. The van der Waals surface area contributed by atoms with E-state index >= 15 is 0 Å². The molecule has 2 aromatic heterocycles. The Morgan fingerprint density at radius 1 is 1.03 bits per heavy atom. The van der Waals surface area contributed by atoms with Crippen LogP contribution in [0.1, 0.15) is 71.7 Å². The van der Waals surface area contributed by atoms with Gasteiger partial charge in [0.2, 0.25) is 0 Å². The maximum atomic E-state index is 6.28. The van der Waals surface area contributed by atoms with E-state index in [9.17, 15) is 0 Å². The van der Waals surface area contributed by atoms with Crippen molar-refractivity contribution in [3.05, 3.63) is 57.5 Å². The van der Waals surface area contributed by atoms with Gasteiger partial charge in [-0.3, -0.25) is 9.47 Å². The molecule has 0 atom stereocenters. The smallest absolute Gasteiger partial charge is 0.151 e. The van der Waals surface area contributed by atoms with Crippen LogP contribution in [0.2, 0.25) is 5.02 Å². The first-order valence-corrected chi connectivity index (χ1v) is 10.7. The minimum absolute atomic E-state index is 0.410. The Bertz CT molecular complexity index is 1050. The molecule has 1 aliphatic heterocycles. The average molecular weight is 412 g/mol. The Kier molecular flexibility index (Phi) is 4.71. The zero-order valence-corrected chi connectivity index (χ0v) is 17.9. The monoisotopic (exact) mass is 411 g/mol. The maximum Gasteiger partial charge on any atom is 0.151 e. The lowest BCUT2D eigenvalue weighted by atomic mass is 9.79. The zero-order valence-electron chi connectivity index (χ0n) is 17.2. The number of benzene rings is 1. The van der Waals surface area contributed by atoms with Crippen molar-refractivity contribution in [3.8, 4) is 5.69 Å². The summed E-state index contributed by atoms with van der Waals surface area (Å²) in [5, 5.41) is 14.3. The van der Waals surface area contributed by atoms with Gasteiger partial charge < -0.3 is 4.52 Å². The fraction of sp³-hybridized carbons (Fsp3) is 0.500. The Labute approximate surface area is 175 Å². The fourth-order valence-corrected chi connectivity index (χ4v) is 5.08. The maximum absolute atomic E-state index is 6.28. The lowest BCUT2D eigenvalue weighted by molar-refractivity contribution is 0.315. The summed E-state index contributed by atoms with van der Waals surface area (Å²) in [4.78, 5) is 2.26. The highest BCUT2D eigenvalue weighted by Gasteiger charge is 2.32. The Hall–Kier alpha value is -2.18. The number of aryl methyl sites for hydroxylation is 1. The number of rotatable bonds is 2. The van der Waals surface area contributed by atoms with Crippen molar-refractivity contribution in [2.75, 3.05) is 7.05 Å². The molecule has 0 spiro atoms. The molecule has 5 rings (SSSR count). The molecule has 0 bridgehead atoms. The number of aromatic nitrogens is 4. The van der Waals surface area contributed by atoms with Crippen LogP contribution in [0.5, 0.6) is 0 Å². The summed E-state index contributed by atoms with van der Waals surface area (Å²) in [6.07, 6.45) is 4.39. The van der Waals surface area contributed by atoms with E-state index in [4.69, 9.17) is 16.1 Å². The summed E-state index contributed by atoms with van der Waals surface area (Å²) in [5.74, 6) is 3.92. The third kappa shape index (κ3) is 3.28. The van der Waals surface area contributed by atoms with Gasteiger partial charge in [0.25, 0.3) is 0 Å². The fourth-order valence-electron chi connectivity index (χ4n) is 4.89. The second-order valence-electron chi connectivity index (χ2n) is 8.55. The Morgan fingerprint density at radius 2 is 1.79 bits per heavy atom. The first-order valence-electron chi connectivity index (χ1n) is 10.4. The van der Waals surface area contributed by atoms with E-state index in [1.807, 2.05) is 13.0 Å². The first-order chi connectivity index (χ1) is 14.0. The van der Waals surface area contributed by atoms with Gasteiger partial charge in [-0.25, -0.2) is 0 Å². The molecular formula is C22H26ClN5O. The highest BCUT2D eigenvalue weighted by Crippen LogP contribution is 2.42. The van der Waals surface area contributed by atoms with Crippen molar-refractivity contribution in [1.82, 2.24) is 24.8 Å². The van der Waals surface area contributed by atoms with Crippen molar-refractivity contribution in [2.24, 2.45) is 0 Å². The molecule has 3 aromatic rings. The number of fused-ring (bicyclic) bond motifs is 3. The molecule has 0 saturated heterocycles. The molecule has 1 fully saturated rings. The van der Waals surface area contributed by atoms with Gasteiger partial charge in [-0.2, -0.15) is 0 Å². The standard InChI is InChI=1S/C22H26ClN5O/c1-13-14(2)29-26-21(13)15-4-6-16(7-5-15)22-25-24-20-12-27(3)11-17-10-18(23)8-9-19(17)28(20)22/h8-10,15-16H,4-7,11-12H2,1-3H3. The second-order valence-corrected chi connectivity index (χ2v) is 8.99. The molecule has 29 heavy (non-hydrogen) atoms. The topological polar surface area (TPSA) is 60.0 Å². The highest BCUT2D eigenvalue weighted by molar-refractivity contribution is 6.30. The molecule has 1 saturated carbocycles. The van der Waals surface area contributed by atoms with Crippen LogP contribution >= 0.6 is 11.6 Å². The number of hydrogen-bond acceptors (Lipinski definition) is 5. The van der Waals surface area contributed by atoms with E-state index in [-0.39, 0.29) is 0 Å². The van der Waals surface area contributed by atoms with Crippen molar-refractivity contribution in [3.63, 3.8) is 0 Å². The minimum Gasteiger partial charge on any atom is -0.361 e. The van der Waals surface area contributed by atoms with Gasteiger partial charge in [-0.1, -0.05) is 16.8 Å². The van der Waals surface area contributed by atoms with Crippen LogP contribution in [-0.2, 0) is 13.1 Å². The molecule has 3 heterocycles. The second kappa shape index (κ2) is 7.26. The Morgan fingerprint density at radius 3 is 2.52 bits per heavy atom. The van der Waals surface area contributed by atoms with Crippen LogP contribution in [-0.4, -0.2) is 31.9 Å². The molecule has 0 amide bonds. The molecule has 0 radical (unpaired) electrons. The van der Waals surface area contributed by atoms with E-state index in [0.29, 0.717) is 11.8 Å². The van der Waals surface area contributed by atoms with E-state index in [0.717, 1.165) is 66.9 Å². The normalized spacial score (nSPS) is 22.2. The van der Waals surface area contributed by atoms with Gasteiger partial charge in [-0.15, -0.1) is 10.2 Å². The summed E-state index contributed by atoms with van der Waals surface area (Å²) >= 11 is 6.28. The molecule has 0 N–H and O–H groups in total. The van der Waals surface area contributed by atoms with Crippen molar-refractivity contribution >= 4 is 11.6 Å². The van der Waals surface area contributed by atoms with Gasteiger partial charge in [-0.05, 0) is 70.3 Å². The first kappa shape index (κ1) is 18.8. The van der Waals surface area contributed by atoms with Crippen molar-refractivity contribution in [2.45, 2.75) is 64.5 Å². The van der Waals surface area contributed by atoms with Crippen molar-refractivity contribution in [1.29, 1.82) is 0 Å². The van der Waals surface area contributed by atoms with E-state index in [2.05, 4.69) is 50.9 Å². The highest BCUT2D eigenvalue weighted by atomic mass is 35.5. The molecular weight excluding hydrogens is 386 g/mol. The van der Waals surface area contributed by atoms with E-state index in [1.165, 1.54) is 16.8 Å². The Balaban J connectivity index is 1.45. The number of nitrogens with zero attached hydrogens (tertiary/aromatic N) is 5. The average Bonchev–Trinajstić information content (AvgIpc) is 3.22. The lowest BCUT2D eigenvalue weighted by Crippen LogP contribution is -2.17. The molecule has 7 heteroatoms. The van der Waals surface area contributed by atoms with Crippen molar-refractivity contribution < 1.29 is 4.52 Å². The molecule has 6 nitrogen and oxygen atoms in total. The predicted octanol–water partition coefficient (Wildman–Crippen LogP) is 4.91. The summed E-state index contributed by atoms with van der Waals surface area (Å²) in [6, 6.07) is 6.14. The van der Waals surface area contributed by atoms with E-state index < -0.39 is 0 Å². The van der Waals surface area contributed by atoms with Crippen LogP contribution in [0.3, 0.4) is 0 Å². The van der Waals surface area contributed by atoms with Gasteiger partial charge in [0.05, 0.1) is 17.9 Å². The summed E-state index contributed by atoms with van der Waals surface area (Å²) < 4.78 is 7.69. The predicted molar refractivity (Wildman–Crippen MR) is 111 cm³/mol. The zero-order chi connectivity index (χ0) is 20.1. The quantitative estimate of drug-likeness (QED) is 0.599. The molecule has 2 aliphatic rings. The third-order valence-corrected chi connectivity index (χ3v) is 6.80. The molecule has 1 aromatic carbocycles. The molecule has 0 unspecified atom stereocenters. The van der Waals surface area contributed by atoms with Crippen LogP contribution in [0.15, 0.2) is 22.7 Å². The SMILES string of the molecule is Cc1onc(C2CCC(c3nnc4n3-c3ccc(Cl)cc3CN(C)C4)CC2)c1C. The van der Waals surface area contributed by atoms with Crippen LogP contribution < -0.4 is 0 Å². The summed E-state index contributed by atoms with van der Waals surface area (Å²) in [6.45, 7) is 5.75. The van der Waals surface area contributed by atoms with Crippen LogP contribution in [0.25, 0.3) is 5.69 Å². The molecule has 152 valence electrons. The number of halogens is 1. The largest absolute Gasteiger partial charge is 0.361 e. The van der Waals surface area contributed by atoms with Gasteiger partial charge in [0.15, 0.2) is 5.82 Å². The summed E-state index contributed by atoms with van der Waals surface area (Å²) in [7, 11) is 2.11. The third-order valence-electron chi connectivity index (χ3n) is 6.56. The summed E-state index contributed by atoms with van der Waals surface area (Å²) in [5.41, 5.74) is 4.74. The van der Waals surface area contributed by atoms with Gasteiger partial charge >= 0.3 is 0 Å². The van der Waals surface area contributed by atoms with Crippen LogP contribution in [0.4, 0.5) is 0 Å². The van der Waals surface area contributed by atoms with Crippen LogP contribution in [0, 0.1) is 13.8 Å². The number of hydrogen-bond donors (Lipinski definition) is 0. The van der Waals surface area contributed by atoms with Gasteiger partial charge in [0, 0.05) is 29.0 Å². The van der Waals surface area contributed by atoms with Gasteiger partial charge in [0.1, 0.15) is 11.6 Å².